The number of halogens is 2. The molecule has 0 saturated heterocycles. The minimum atomic E-state index is -2.84. The van der Waals surface area contributed by atoms with Gasteiger partial charge in [-0.15, -0.1) is 0 Å². The molecule has 2 rings (SSSR count). The highest BCUT2D eigenvalue weighted by Gasteiger charge is 2.08. The topological polar surface area (TPSA) is 80.6 Å². The highest BCUT2D eigenvalue weighted by atomic mass is 19.3. The number of alkyl halides is 2. The number of hydrogen-bond acceptors (Lipinski definition) is 4. The molecule has 0 fully saturated rings. The van der Waals surface area contributed by atoms with E-state index in [9.17, 15) is 18.4 Å². The van der Waals surface area contributed by atoms with Crippen molar-refractivity contribution in [3.63, 3.8) is 0 Å². The molecule has 140 valence electrons. The van der Waals surface area contributed by atoms with Crippen LogP contribution in [-0.2, 0) is 11.2 Å². The van der Waals surface area contributed by atoms with Gasteiger partial charge in [0.1, 0.15) is 5.75 Å². The minimum absolute atomic E-state index is 0.101. The monoisotopic (exact) mass is 366 g/mol. The third-order valence-electron chi connectivity index (χ3n) is 3.50. The van der Waals surface area contributed by atoms with Gasteiger partial charge < -0.3 is 19.8 Å². The normalized spacial score (nSPS) is 10.6. The average Bonchev–Trinajstić information content (AvgIpc) is 3.14. The van der Waals surface area contributed by atoms with Gasteiger partial charge in [0.05, 0.1) is 6.26 Å². The molecule has 0 radical (unpaired) electrons. The summed E-state index contributed by atoms with van der Waals surface area (Å²) in [7, 11) is 0. The van der Waals surface area contributed by atoms with Gasteiger partial charge in [0.25, 0.3) is 5.91 Å². The maximum Gasteiger partial charge on any atom is 0.387 e. The molecule has 8 heteroatoms. The number of carbonyl (C=O) groups is 2. The quantitative estimate of drug-likeness (QED) is 0.634. The number of hydrogen-bond donors (Lipinski definition) is 2. The summed E-state index contributed by atoms with van der Waals surface area (Å²) in [4.78, 5) is 23.3. The van der Waals surface area contributed by atoms with Gasteiger partial charge in [0.2, 0.25) is 5.91 Å². The molecule has 2 aromatic rings. The molecule has 0 saturated carbocycles. The molecular formula is C18H20F2N2O4. The second kappa shape index (κ2) is 10.2. The predicted molar refractivity (Wildman–Crippen MR) is 90.1 cm³/mol. The maximum absolute atomic E-state index is 12.1. The van der Waals surface area contributed by atoms with Crippen LogP contribution in [0.15, 0.2) is 47.1 Å². The Morgan fingerprint density at radius 1 is 1.08 bits per heavy atom. The van der Waals surface area contributed by atoms with Gasteiger partial charge in [-0.05, 0) is 42.7 Å². The molecule has 2 amide bonds. The molecule has 2 N–H and O–H groups in total. The molecule has 0 bridgehead atoms. The van der Waals surface area contributed by atoms with Gasteiger partial charge in [-0.3, -0.25) is 9.59 Å². The van der Waals surface area contributed by atoms with Crippen molar-refractivity contribution in [2.75, 3.05) is 13.1 Å². The van der Waals surface area contributed by atoms with Crippen LogP contribution in [0.5, 0.6) is 5.75 Å². The Hall–Kier alpha value is -2.90. The van der Waals surface area contributed by atoms with Gasteiger partial charge in [-0.1, -0.05) is 12.1 Å². The first kappa shape index (κ1) is 19.4. The fourth-order valence-electron chi connectivity index (χ4n) is 2.22. The minimum Gasteiger partial charge on any atom is -0.459 e. The Morgan fingerprint density at radius 2 is 1.85 bits per heavy atom. The van der Waals surface area contributed by atoms with Gasteiger partial charge >= 0.3 is 6.61 Å². The van der Waals surface area contributed by atoms with Crippen molar-refractivity contribution in [1.82, 2.24) is 10.6 Å². The second-order valence-corrected chi connectivity index (χ2v) is 5.46. The van der Waals surface area contributed by atoms with Crippen LogP contribution in [0.4, 0.5) is 8.78 Å². The number of amides is 2. The first-order chi connectivity index (χ1) is 12.5. The number of benzene rings is 1. The molecule has 0 atom stereocenters. The van der Waals surface area contributed by atoms with Crippen LogP contribution < -0.4 is 15.4 Å². The zero-order valence-corrected chi connectivity index (χ0v) is 14.0. The van der Waals surface area contributed by atoms with E-state index in [1.165, 1.54) is 18.4 Å². The average molecular weight is 366 g/mol. The first-order valence-corrected chi connectivity index (χ1v) is 8.17. The number of carbonyl (C=O) groups excluding carboxylic acids is 2. The molecule has 26 heavy (non-hydrogen) atoms. The Bertz CT molecular complexity index is 688. The smallest absolute Gasteiger partial charge is 0.387 e. The number of rotatable bonds is 10. The fraction of sp³-hybridized carbons (Fsp3) is 0.333. The molecular weight excluding hydrogens is 346 g/mol. The number of furan rings is 1. The molecule has 1 heterocycles. The van der Waals surface area contributed by atoms with E-state index in [-0.39, 0.29) is 23.3 Å². The number of nitrogens with one attached hydrogen (secondary N) is 2. The first-order valence-electron chi connectivity index (χ1n) is 8.17. The summed E-state index contributed by atoms with van der Waals surface area (Å²) in [5, 5.41) is 5.44. The molecule has 6 nitrogen and oxygen atoms in total. The van der Waals surface area contributed by atoms with Crippen molar-refractivity contribution >= 4 is 11.8 Å². The summed E-state index contributed by atoms with van der Waals surface area (Å²) in [6.07, 6.45) is 2.80. The van der Waals surface area contributed by atoms with E-state index in [4.69, 9.17) is 4.42 Å². The summed E-state index contributed by atoms with van der Waals surface area (Å²) in [6, 6.07) is 9.47. The van der Waals surface area contributed by atoms with Crippen LogP contribution in [0, 0.1) is 0 Å². The van der Waals surface area contributed by atoms with Crippen LogP contribution in [0.3, 0.4) is 0 Å². The van der Waals surface area contributed by atoms with E-state index < -0.39 is 6.61 Å². The van der Waals surface area contributed by atoms with Crippen LogP contribution in [0.1, 0.15) is 29.0 Å². The van der Waals surface area contributed by atoms with Crippen molar-refractivity contribution in [3.05, 3.63) is 54.0 Å². The third kappa shape index (κ3) is 6.92. The summed E-state index contributed by atoms with van der Waals surface area (Å²) in [5.41, 5.74) is 0.901. The molecule has 1 aromatic carbocycles. The highest BCUT2D eigenvalue weighted by Crippen LogP contribution is 2.14. The molecule has 0 aliphatic heterocycles. The van der Waals surface area contributed by atoms with Crippen LogP contribution in [0.2, 0.25) is 0 Å². The lowest BCUT2D eigenvalue weighted by atomic mass is 10.1. The van der Waals surface area contributed by atoms with Crippen molar-refractivity contribution in [2.24, 2.45) is 0 Å². The second-order valence-electron chi connectivity index (χ2n) is 5.46. The van der Waals surface area contributed by atoms with Crippen molar-refractivity contribution in [2.45, 2.75) is 25.9 Å². The summed E-state index contributed by atoms with van der Waals surface area (Å²) < 4.78 is 33.3. The standard InChI is InChI=1S/C18H20F2N2O4/c19-18(20)26-14-7-5-13(6-8-14)9-11-21-16(23)4-1-10-22-17(24)15-3-2-12-25-15/h2-3,5-8,12,18H,1,4,9-11H2,(H,21,23)(H,22,24). The van der Waals surface area contributed by atoms with E-state index in [1.54, 1.807) is 24.3 Å². The van der Waals surface area contributed by atoms with Crippen LogP contribution in [-0.4, -0.2) is 31.5 Å². The zero-order valence-electron chi connectivity index (χ0n) is 14.0. The van der Waals surface area contributed by atoms with Gasteiger partial charge in [0, 0.05) is 19.5 Å². The Kier molecular flexibility index (Phi) is 7.60. The molecule has 0 aliphatic rings. The summed E-state index contributed by atoms with van der Waals surface area (Å²) >= 11 is 0. The van der Waals surface area contributed by atoms with E-state index in [1.807, 2.05) is 0 Å². The fourth-order valence-corrected chi connectivity index (χ4v) is 2.22. The van der Waals surface area contributed by atoms with Crippen LogP contribution in [0.25, 0.3) is 0 Å². The Labute approximate surface area is 149 Å². The molecule has 0 aliphatic carbocycles. The summed E-state index contributed by atoms with van der Waals surface area (Å²) in [5.74, 6) is -0.0895. The number of ether oxygens (including phenoxy) is 1. The zero-order chi connectivity index (χ0) is 18.8. The maximum atomic E-state index is 12.1. The van der Waals surface area contributed by atoms with Crippen molar-refractivity contribution in [3.8, 4) is 5.75 Å². The molecule has 0 unspecified atom stereocenters. The SMILES string of the molecule is O=C(CCCNC(=O)c1ccco1)NCCc1ccc(OC(F)F)cc1. The van der Waals surface area contributed by atoms with Crippen molar-refractivity contribution < 1.29 is 27.5 Å². The highest BCUT2D eigenvalue weighted by molar-refractivity contribution is 5.91. The van der Waals surface area contributed by atoms with E-state index in [0.29, 0.717) is 32.4 Å². The predicted octanol–water partition coefficient (Wildman–Crippen LogP) is 2.75. The van der Waals surface area contributed by atoms with Gasteiger partial charge in [0.15, 0.2) is 5.76 Å². The Balaban J connectivity index is 1.56. The molecule has 0 spiro atoms. The van der Waals surface area contributed by atoms with E-state index >= 15 is 0 Å². The molecule has 1 aromatic heterocycles. The Morgan fingerprint density at radius 3 is 2.50 bits per heavy atom. The van der Waals surface area contributed by atoms with Gasteiger partial charge in [-0.25, -0.2) is 0 Å². The van der Waals surface area contributed by atoms with E-state index in [2.05, 4.69) is 15.4 Å². The lowest BCUT2D eigenvalue weighted by molar-refractivity contribution is -0.121. The largest absolute Gasteiger partial charge is 0.459 e. The van der Waals surface area contributed by atoms with E-state index in [0.717, 1.165) is 5.56 Å². The lowest BCUT2D eigenvalue weighted by Crippen LogP contribution is -2.28. The third-order valence-corrected chi connectivity index (χ3v) is 3.50. The summed E-state index contributed by atoms with van der Waals surface area (Å²) in [6.45, 7) is -2.03. The van der Waals surface area contributed by atoms with Crippen LogP contribution >= 0.6 is 0 Å². The lowest BCUT2D eigenvalue weighted by Gasteiger charge is -2.07. The van der Waals surface area contributed by atoms with Gasteiger partial charge in [-0.2, -0.15) is 8.78 Å². The van der Waals surface area contributed by atoms with Crippen molar-refractivity contribution in [1.29, 1.82) is 0 Å².